The molecule has 0 aromatic heterocycles. The predicted molar refractivity (Wildman–Crippen MR) is 153 cm³/mol. The van der Waals surface area contributed by atoms with Crippen LogP contribution in [0.25, 0.3) is 0 Å². The standard InChI is InChI=1S/C15H16ClNO.C15H19ClO.CN.CH4.Na/c1-14-7-6-12(15(14,9-17)18-10-14)8-11-2-4-13(16)5-3-11;1-3-15(2)9-8-12(14(15)17)10-11-4-6-13(16)7-5-11;1-2;;/h2-5,12H,6-8,10H2,1H3;4-7,12H,3,8-10H2,1-2H3;;1H4;/q;;-1;;+1/t12?,14-,15-;;;;/m0..../s1. The Balaban J connectivity index is 0.000000351. The second kappa shape index (κ2) is 15.0. The van der Waals surface area contributed by atoms with Crippen LogP contribution in [0.15, 0.2) is 48.5 Å². The number of benzene rings is 2. The Hall–Kier alpha value is -1.37. The van der Waals surface area contributed by atoms with Gasteiger partial charge in [0.25, 0.3) is 0 Å². The zero-order valence-corrected chi connectivity index (χ0v) is 26.4. The number of carbonyl (C=O) groups is 1. The zero-order valence-electron chi connectivity index (χ0n) is 22.9. The summed E-state index contributed by atoms with van der Waals surface area (Å²) in [6, 6.07) is 18.2. The first-order valence-corrected chi connectivity index (χ1v) is 13.7. The smallest absolute Gasteiger partial charge is 0.512 e. The van der Waals surface area contributed by atoms with Gasteiger partial charge in [0.15, 0.2) is 5.60 Å². The molecule has 39 heavy (non-hydrogen) atoms. The Morgan fingerprint density at radius 1 is 0.949 bits per heavy atom. The van der Waals surface area contributed by atoms with Crippen molar-refractivity contribution in [1.82, 2.24) is 0 Å². The number of hydrogen-bond acceptors (Lipinski definition) is 4. The Morgan fingerprint density at radius 2 is 1.46 bits per heavy atom. The molecular weight excluding hydrogens is 538 g/mol. The van der Waals surface area contributed by atoms with Crippen LogP contribution in [-0.4, -0.2) is 18.0 Å². The number of Topliss-reactive ketones (excluding diaryl/α,β-unsaturated/α-hetero) is 1. The minimum Gasteiger partial charge on any atom is -0.512 e. The molecule has 5 atom stereocenters. The van der Waals surface area contributed by atoms with Crippen molar-refractivity contribution in [3.8, 4) is 6.07 Å². The summed E-state index contributed by atoms with van der Waals surface area (Å²) in [6.45, 7) is 11.9. The number of hydrogen-bond donors (Lipinski definition) is 0. The summed E-state index contributed by atoms with van der Waals surface area (Å²) in [5, 5.41) is 17.3. The second-order valence-corrected chi connectivity index (χ2v) is 12.0. The van der Waals surface area contributed by atoms with Gasteiger partial charge in [0, 0.05) is 32.7 Å². The number of ketones is 1. The van der Waals surface area contributed by atoms with Crippen LogP contribution < -0.4 is 29.6 Å². The van der Waals surface area contributed by atoms with Crippen molar-refractivity contribution in [2.24, 2.45) is 22.7 Å². The minimum absolute atomic E-state index is 0. The van der Waals surface area contributed by atoms with Crippen LogP contribution in [0.3, 0.4) is 0 Å². The van der Waals surface area contributed by atoms with Gasteiger partial charge in [-0.15, -0.1) is 0 Å². The van der Waals surface area contributed by atoms with E-state index in [4.69, 9.17) is 39.8 Å². The van der Waals surface area contributed by atoms with Gasteiger partial charge in [0.1, 0.15) is 5.78 Å². The van der Waals surface area contributed by atoms with Crippen LogP contribution in [0.1, 0.15) is 71.4 Å². The molecule has 4 nitrogen and oxygen atoms in total. The first-order valence-electron chi connectivity index (χ1n) is 13.0. The Bertz CT molecular complexity index is 1150. The van der Waals surface area contributed by atoms with E-state index in [-0.39, 0.29) is 53.7 Å². The van der Waals surface area contributed by atoms with Crippen LogP contribution in [-0.2, 0) is 22.4 Å². The molecule has 0 bridgehead atoms. The van der Waals surface area contributed by atoms with Crippen molar-refractivity contribution in [3.63, 3.8) is 0 Å². The molecule has 2 aliphatic carbocycles. The van der Waals surface area contributed by atoms with E-state index in [1.54, 1.807) is 0 Å². The number of fused-ring (bicyclic) bond motifs is 1. The van der Waals surface area contributed by atoms with Gasteiger partial charge >= 0.3 is 29.6 Å². The maximum atomic E-state index is 12.3. The van der Waals surface area contributed by atoms with Gasteiger partial charge in [-0.2, -0.15) is 5.26 Å². The average Bonchev–Trinajstić information content (AvgIpc) is 3.29. The van der Waals surface area contributed by atoms with Crippen molar-refractivity contribution < 1.29 is 39.1 Å². The Morgan fingerprint density at radius 3 is 1.87 bits per heavy atom. The largest absolute Gasteiger partial charge is 1.00 e. The molecule has 204 valence electrons. The van der Waals surface area contributed by atoms with Gasteiger partial charge in [-0.3, -0.25) is 4.79 Å². The van der Waals surface area contributed by atoms with Crippen molar-refractivity contribution >= 4 is 29.0 Å². The average molecular weight is 578 g/mol. The van der Waals surface area contributed by atoms with E-state index in [1.807, 2.05) is 48.5 Å². The maximum absolute atomic E-state index is 12.3. The normalized spacial score (nSPS) is 29.9. The third kappa shape index (κ3) is 7.48. The molecule has 0 spiro atoms. The van der Waals surface area contributed by atoms with Gasteiger partial charge in [-0.05, 0) is 80.3 Å². The van der Waals surface area contributed by atoms with Crippen molar-refractivity contribution in [1.29, 1.82) is 10.5 Å². The summed E-state index contributed by atoms with van der Waals surface area (Å²) >= 11 is 11.7. The number of ether oxygens (including phenoxy) is 1. The summed E-state index contributed by atoms with van der Waals surface area (Å²) in [5.41, 5.74) is 1.90. The van der Waals surface area contributed by atoms with Crippen LogP contribution in [0.2, 0.25) is 10.0 Å². The number of nitriles is 1. The van der Waals surface area contributed by atoms with Crippen molar-refractivity contribution in [3.05, 3.63) is 76.3 Å². The number of rotatable bonds is 5. The fourth-order valence-corrected chi connectivity index (χ4v) is 6.39. The molecular formula is C32H39Cl2N2NaO2. The van der Waals surface area contributed by atoms with E-state index in [0.29, 0.717) is 11.7 Å². The molecule has 3 fully saturated rings. The quantitative estimate of drug-likeness (QED) is 0.342. The molecule has 7 heteroatoms. The summed E-state index contributed by atoms with van der Waals surface area (Å²) in [4.78, 5) is 12.3. The van der Waals surface area contributed by atoms with Crippen molar-refractivity contribution in [2.75, 3.05) is 6.61 Å². The Kier molecular flexibility index (Phi) is 13.7. The summed E-state index contributed by atoms with van der Waals surface area (Å²) in [5.74, 6) is 0.971. The summed E-state index contributed by atoms with van der Waals surface area (Å²) < 4.78 is 5.72. The molecule has 0 radical (unpaired) electrons. The van der Waals surface area contributed by atoms with E-state index in [1.165, 1.54) is 11.1 Å². The fourth-order valence-electron chi connectivity index (χ4n) is 6.14. The first-order chi connectivity index (χ1) is 17.6. The van der Waals surface area contributed by atoms with Crippen LogP contribution in [0.4, 0.5) is 0 Å². The van der Waals surface area contributed by atoms with E-state index in [9.17, 15) is 10.1 Å². The van der Waals surface area contributed by atoms with E-state index >= 15 is 0 Å². The minimum atomic E-state index is -0.549. The number of halogens is 2. The molecule has 1 saturated heterocycles. The van der Waals surface area contributed by atoms with E-state index < -0.39 is 5.60 Å². The van der Waals surface area contributed by atoms with Crippen LogP contribution in [0.5, 0.6) is 0 Å². The summed E-state index contributed by atoms with van der Waals surface area (Å²) in [7, 11) is 0. The molecule has 3 aliphatic rings. The molecule has 1 aliphatic heterocycles. The third-order valence-electron chi connectivity index (χ3n) is 8.88. The topological polar surface area (TPSA) is 73.9 Å². The summed E-state index contributed by atoms with van der Waals surface area (Å²) in [6.07, 6.45) is 6.98. The van der Waals surface area contributed by atoms with Gasteiger partial charge in [-0.25, -0.2) is 0 Å². The molecule has 5 rings (SSSR count). The van der Waals surface area contributed by atoms with Crippen LogP contribution >= 0.6 is 23.2 Å². The van der Waals surface area contributed by atoms with Crippen LogP contribution in [0, 0.1) is 45.8 Å². The SMILES string of the molecule is C.CCC1(C)CCC(Cc2ccc(Cl)cc2)C1=O.C[C@@]12CCC(Cc3ccc(Cl)cc3)[C@]1(C#N)OC2.[C-]#N.[Na+]. The van der Waals surface area contributed by atoms with Gasteiger partial charge in [0.2, 0.25) is 0 Å². The van der Waals surface area contributed by atoms with Gasteiger partial charge in [0.05, 0.1) is 12.7 Å². The molecule has 1 heterocycles. The second-order valence-electron chi connectivity index (χ2n) is 11.1. The van der Waals surface area contributed by atoms with Crippen molar-refractivity contribution in [2.45, 2.75) is 78.7 Å². The Labute approximate surface area is 267 Å². The molecule has 2 saturated carbocycles. The third-order valence-corrected chi connectivity index (χ3v) is 9.39. The van der Waals surface area contributed by atoms with E-state index in [2.05, 4.69) is 26.8 Å². The molecule has 2 aromatic rings. The van der Waals surface area contributed by atoms with E-state index in [0.717, 1.165) is 61.6 Å². The predicted octanol–water partition coefficient (Wildman–Crippen LogP) is 5.61. The fraction of sp³-hybridized carbons (Fsp3) is 0.531. The zero-order chi connectivity index (χ0) is 27.3. The van der Waals surface area contributed by atoms with Gasteiger partial charge < -0.3 is 16.6 Å². The molecule has 3 unspecified atom stereocenters. The molecule has 2 aromatic carbocycles. The number of carbonyl (C=O) groups excluding carboxylic acids is 1. The number of nitrogens with zero attached hydrogens (tertiary/aromatic N) is 2. The maximum Gasteiger partial charge on any atom is 1.00 e. The molecule has 0 amide bonds. The van der Waals surface area contributed by atoms with Gasteiger partial charge in [-0.1, -0.05) is 75.7 Å². The monoisotopic (exact) mass is 576 g/mol. The first kappa shape index (κ1) is 35.7. The molecule has 0 N–H and O–H groups in total.